The van der Waals surface area contributed by atoms with E-state index in [4.69, 9.17) is 0 Å². The zero-order chi connectivity index (χ0) is 38.8. The van der Waals surface area contributed by atoms with Crippen molar-refractivity contribution in [2.75, 3.05) is 0 Å². The molecule has 0 aromatic rings. The number of unbranched alkanes of at least 4 members (excludes halogenated alkanes) is 21. The minimum Gasteiger partial charge on any atom is -0.0654 e. The highest BCUT2D eigenvalue weighted by atomic mass is 13.9. The SMILES string of the molecule is CCCCC.CCCCC.CCCCC(C)C.CCCCCC.CCCCCC.CCCCCC.CCCCCC.CCCCCCC. The van der Waals surface area contributed by atoms with Gasteiger partial charge in [0.2, 0.25) is 0 Å². The molecule has 0 aliphatic rings. The van der Waals surface area contributed by atoms with Crippen LogP contribution < -0.4 is 0 Å². The topological polar surface area (TPSA) is 0 Å². The lowest BCUT2D eigenvalue weighted by atomic mass is 10.1. The molecule has 0 aromatic heterocycles. The van der Waals surface area contributed by atoms with Crippen LogP contribution in [0.3, 0.4) is 0 Å². The van der Waals surface area contributed by atoms with Crippen LogP contribution in [-0.2, 0) is 0 Å². The Morgan fingerprint density at radius 3 is 0.417 bits per heavy atom. The van der Waals surface area contributed by atoms with E-state index in [9.17, 15) is 0 Å². The first kappa shape index (κ1) is 66.3. The second kappa shape index (κ2) is 91.3. The number of rotatable bonds is 23. The molecule has 0 aliphatic carbocycles. The Balaban J connectivity index is -0.0000000637. The fourth-order valence-electron chi connectivity index (χ4n) is 4.00. The molecule has 0 aliphatic heterocycles. The van der Waals surface area contributed by atoms with Gasteiger partial charge in [-0.05, 0) is 5.92 Å². The lowest BCUT2D eigenvalue weighted by Gasteiger charge is -1.98. The molecular weight excluding hydrogens is 577 g/mol. The summed E-state index contributed by atoms with van der Waals surface area (Å²) in [7, 11) is 0. The Morgan fingerprint density at radius 1 is 0.188 bits per heavy atom. The molecule has 0 heteroatoms. The molecule has 0 unspecified atom stereocenters. The lowest BCUT2D eigenvalue weighted by Crippen LogP contribution is -1.83. The molecular formula is C48H112. The first-order valence-electron chi connectivity index (χ1n) is 23.2. The van der Waals surface area contributed by atoms with Crippen molar-refractivity contribution >= 4 is 0 Å². The average Bonchev–Trinajstić information content (AvgIpc) is 3.10. The van der Waals surface area contributed by atoms with Crippen molar-refractivity contribution in [2.24, 2.45) is 5.92 Å². The van der Waals surface area contributed by atoms with E-state index in [0.29, 0.717) is 0 Å². The third kappa shape index (κ3) is 162. The van der Waals surface area contributed by atoms with E-state index < -0.39 is 0 Å². The second-order valence-electron chi connectivity index (χ2n) is 14.1. The van der Waals surface area contributed by atoms with Gasteiger partial charge in [0.1, 0.15) is 0 Å². The molecule has 304 valence electrons. The van der Waals surface area contributed by atoms with Gasteiger partial charge in [-0.3, -0.25) is 0 Å². The maximum Gasteiger partial charge on any atom is -0.0471 e. The van der Waals surface area contributed by atoms with Crippen LogP contribution in [0.15, 0.2) is 0 Å². The van der Waals surface area contributed by atoms with E-state index >= 15 is 0 Å². The fraction of sp³-hybridized carbons (Fsp3) is 1.00. The molecule has 0 bridgehead atoms. The molecule has 0 radical (unpaired) electrons. The van der Waals surface area contributed by atoms with Gasteiger partial charge in [0.25, 0.3) is 0 Å². The lowest BCUT2D eigenvalue weighted by molar-refractivity contribution is 0.550. The van der Waals surface area contributed by atoms with Gasteiger partial charge in [-0.15, -0.1) is 0 Å². The normalized spacial score (nSPS) is 9.12. The van der Waals surface area contributed by atoms with Crippen molar-refractivity contribution in [3.63, 3.8) is 0 Å². The molecule has 0 nitrogen and oxygen atoms in total. The predicted molar refractivity (Wildman–Crippen MR) is 238 cm³/mol. The van der Waals surface area contributed by atoms with Crippen molar-refractivity contribution in [3.8, 4) is 0 Å². The van der Waals surface area contributed by atoms with E-state index in [1.165, 1.54) is 193 Å². The highest BCUT2D eigenvalue weighted by Gasteiger charge is 1.88. The Labute approximate surface area is 315 Å². The monoisotopic (exact) mass is 689 g/mol. The van der Waals surface area contributed by atoms with Gasteiger partial charge < -0.3 is 0 Å². The van der Waals surface area contributed by atoms with Crippen molar-refractivity contribution in [1.29, 1.82) is 0 Å². The van der Waals surface area contributed by atoms with Crippen molar-refractivity contribution < 1.29 is 0 Å². The third-order valence-electron chi connectivity index (χ3n) is 7.58. The fourth-order valence-corrected chi connectivity index (χ4v) is 4.00. The van der Waals surface area contributed by atoms with Crippen molar-refractivity contribution in [3.05, 3.63) is 0 Å². The van der Waals surface area contributed by atoms with Crippen molar-refractivity contribution in [2.45, 2.75) is 310 Å². The van der Waals surface area contributed by atoms with Gasteiger partial charge in [-0.2, -0.15) is 0 Å². The molecule has 0 heterocycles. The van der Waals surface area contributed by atoms with Crippen LogP contribution in [-0.4, -0.2) is 0 Å². The van der Waals surface area contributed by atoms with Crippen LogP contribution in [0.2, 0.25) is 0 Å². The van der Waals surface area contributed by atoms with E-state index in [-0.39, 0.29) is 0 Å². The maximum atomic E-state index is 2.27. The zero-order valence-electron chi connectivity index (χ0n) is 38.8. The minimum absolute atomic E-state index is 0.903. The van der Waals surface area contributed by atoms with Crippen LogP contribution >= 0.6 is 0 Å². The molecule has 48 heavy (non-hydrogen) atoms. The third-order valence-corrected chi connectivity index (χ3v) is 7.58. The first-order valence-corrected chi connectivity index (χ1v) is 23.2. The summed E-state index contributed by atoms with van der Waals surface area (Å²) < 4.78 is 0. The van der Waals surface area contributed by atoms with Gasteiger partial charge in [0.05, 0.1) is 0 Å². The Hall–Kier alpha value is 0. The number of hydrogen-bond acceptors (Lipinski definition) is 0. The Morgan fingerprint density at radius 2 is 0.333 bits per heavy atom. The largest absolute Gasteiger partial charge is 0.0654 e. The summed E-state index contributed by atoms with van der Waals surface area (Å²) in [5, 5.41) is 0. The summed E-state index contributed by atoms with van der Waals surface area (Å²) in [5.41, 5.74) is 0. The molecule has 0 rings (SSSR count). The molecule has 0 spiro atoms. The van der Waals surface area contributed by atoms with Gasteiger partial charge in [-0.1, -0.05) is 310 Å². The van der Waals surface area contributed by atoms with E-state index in [0.717, 1.165) is 5.92 Å². The highest BCUT2D eigenvalue weighted by molar-refractivity contribution is 4.42. The second-order valence-corrected chi connectivity index (χ2v) is 14.1. The zero-order valence-corrected chi connectivity index (χ0v) is 38.8. The summed E-state index contributed by atoms with van der Waals surface area (Å²) in [6.07, 6.45) is 41.5. The van der Waals surface area contributed by atoms with Crippen molar-refractivity contribution in [1.82, 2.24) is 0 Å². The standard InChI is InChI=1S/2C7H16.4C6H14.2C5H12/c1-4-5-6-7(2)3;1-3-5-7-6-4-2;4*1-3-5-6-4-2;2*1-3-5-4-2/h7H,4-6H2,1-3H3;3-7H2,1-2H3;4*3-6H2,1-2H3;2*3-5H2,1-2H3. The van der Waals surface area contributed by atoms with E-state index in [1.807, 2.05) is 0 Å². The maximum absolute atomic E-state index is 2.27. The first-order chi connectivity index (χ1) is 23.2. The molecule has 0 aromatic carbocycles. The minimum atomic E-state index is 0.903. The van der Waals surface area contributed by atoms with Gasteiger partial charge in [0.15, 0.2) is 0 Å². The molecule has 0 fully saturated rings. The molecule has 0 N–H and O–H groups in total. The van der Waals surface area contributed by atoms with E-state index in [2.05, 4.69) is 118 Å². The van der Waals surface area contributed by atoms with Gasteiger partial charge in [0, 0.05) is 0 Å². The van der Waals surface area contributed by atoms with Crippen LogP contribution in [0, 0.1) is 5.92 Å². The van der Waals surface area contributed by atoms with Gasteiger partial charge in [-0.25, -0.2) is 0 Å². The number of hydrogen-bond donors (Lipinski definition) is 0. The molecule has 0 saturated carbocycles. The summed E-state index contributed by atoms with van der Waals surface area (Å²) in [4.78, 5) is 0. The summed E-state index contributed by atoms with van der Waals surface area (Å²) >= 11 is 0. The van der Waals surface area contributed by atoms with Crippen LogP contribution in [0.25, 0.3) is 0 Å². The Kier molecular flexibility index (Phi) is 126. The van der Waals surface area contributed by atoms with Crippen LogP contribution in [0.4, 0.5) is 0 Å². The van der Waals surface area contributed by atoms with E-state index in [1.54, 1.807) is 0 Å². The average molecular weight is 689 g/mol. The predicted octanol–water partition coefficient (Wildman–Crippen LogP) is 20.5. The Bertz CT molecular complexity index is 269. The van der Waals surface area contributed by atoms with Gasteiger partial charge >= 0.3 is 0 Å². The smallest absolute Gasteiger partial charge is 0.0471 e. The molecule has 0 amide bonds. The molecule has 0 saturated heterocycles. The highest BCUT2D eigenvalue weighted by Crippen LogP contribution is 2.04. The molecule has 0 atom stereocenters. The summed E-state index contributed by atoms with van der Waals surface area (Å²) in [5.74, 6) is 0.903. The quantitative estimate of drug-likeness (QED) is 0.0937. The summed E-state index contributed by atoms with van der Waals surface area (Å²) in [6, 6.07) is 0. The van der Waals surface area contributed by atoms with Crippen LogP contribution in [0.1, 0.15) is 310 Å². The summed E-state index contributed by atoms with van der Waals surface area (Å²) in [6.45, 7) is 38.0. The van der Waals surface area contributed by atoms with Crippen LogP contribution in [0.5, 0.6) is 0 Å².